The van der Waals surface area contributed by atoms with Crippen LogP contribution in [-0.4, -0.2) is 11.2 Å². The molecule has 1 nitrogen and oxygen atoms in total. The predicted octanol–water partition coefficient (Wildman–Crippen LogP) is 7.24. The molecule has 0 heterocycles. The predicted molar refractivity (Wildman–Crippen MR) is 119 cm³/mol. The maximum atomic E-state index is 10.2. The van der Waals surface area contributed by atoms with E-state index in [4.69, 9.17) is 0 Å². The largest absolute Gasteiger partial charge is 0.393 e. The highest BCUT2D eigenvalue weighted by molar-refractivity contribution is 5.24. The summed E-state index contributed by atoms with van der Waals surface area (Å²) >= 11 is 0. The first kappa shape index (κ1) is 21.0. The number of allylic oxidation sites excluding steroid dienone is 1. The zero-order valence-electron chi connectivity index (χ0n) is 19.3. The van der Waals surface area contributed by atoms with Gasteiger partial charge in [0.15, 0.2) is 0 Å². The summed E-state index contributed by atoms with van der Waals surface area (Å²) in [5, 5.41) is 10.2. The van der Waals surface area contributed by atoms with Crippen LogP contribution in [0.5, 0.6) is 0 Å². The number of hydrogen-bond acceptors (Lipinski definition) is 1. The van der Waals surface area contributed by atoms with Gasteiger partial charge in [0.2, 0.25) is 0 Å². The molecule has 0 aliphatic heterocycles. The molecule has 4 rings (SSSR count). The van der Waals surface area contributed by atoms with E-state index in [2.05, 4.69) is 40.7 Å². The first-order valence-electron chi connectivity index (χ1n) is 12.7. The van der Waals surface area contributed by atoms with Crippen molar-refractivity contribution in [3.05, 3.63) is 11.6 Å². The monoisotopic (exact) mass is 386 g/mol. The van der Waals surface area contributed by atoms with Crippen molar-refractivity contribution in [1.82, 2.24) is 0 Å². The van der Waals surface area contributed by atoms with Gasteiger partial charge in [-0.1, -0.05) is 65.5 Å². The molecule has 0 aromatic rings. The summed E-state index contributed by atoms with van der Waals surface area (Å²) in [7, 11) is 0. The van der Waals surface area contributed by atoms with E-state index in [1.807, 2.05) is 0 Å². The zero-order valence-corrected chi connectivity index (χ0v) is 19.3. The minimum absolute atomic E-state index is 0.0743. The lowest BCUT2D eigenvalue weighted by Crippen LogP contribution is -2.47. The lowest BCUT2D eigenvalue weighted by molar-refractivity contribution is -0.0155. The van der Waals surface area contributed by atoms with E-state index in [0.717, 1.165) is 60.2 Å². The van der Waals surface area contributed by atoms with Crippen molar-refractivity contribution in [2.45, 2.75) is 105 Å². The maximum absolute atomic E-state index is 10.2. The lowest BCUT2D eigenvalue weighted by atomic mass is 9.50. The van der Waals surface area contributed by atoms with Gasteiger partial charge in [-0.3, -0.25) is 0 Å². The lowest BCUT2D eigenvalue weighted by Gasteiger charge is -2.55. The molecule has 0 amide bonds. The van der Waals surface area contributed by atoms with E-state index in [0.29, 0.717) is 5.41 Å². The molecule has 3 saturated carbocycles. The molecule has 9 atom stereocenters. The van der Waals surface area contributed by atoms with Gasteiger partial charge in [0, 0.05) is 0 Å². The fourth-order valence-corrected chi connectivity index (χ4v) is 8.64. The number of rotatable bonds is 5. The van der Waals surface area contributed by atoms with Crippen molar-refractivity contribution >= 4 is 0 Å². The van der Waals surface area contributed by atoms with Crippen LogP contribution < -0.4 is 0 Å². The summed E-state index contributed by atoms with van der Waals surface area (Å²) in [4.78, 5) is 0. The third kappa shape index (κ3) is 3.63. The molecule has 0 radical (unpaired) electrons. The Morgan fingerprint density at radius 3 is 2.61 bits per heavy atom. The molecule has 4 aliphatic rings. The Hall–Kier alpha value is -0.300. The fourth-order valence-electron chi connectivity index (χ4n) is 8.64. The number of fused-ring (bicyclic) bond motifs is 5. The summed E-state index contributed by atoms with van der Waals surface area (Å²) in [6.45, 7) is 12.5. The van der Waals surface area contributed by atoms with Crippen molar-refractivity contribution in [2.24, 2.45) is 52.8 Å². The quantitative estimate of drug-likeness (QED) is 0.493. The van der Waals surface area contributed by atoms with E-state index in [1.165, 1.54) is 51.4 Å². The van der Waals surface area contributed by atoms with Crippen LogP contribution in [0.4, 0.5) is 0 Å². The second-order valence-corrected chi connectivity index (χ2v) is 12.0. The van der Waals surface area contributed by atoms with Gasteiger partial charge in [0.05, 0.1) is 6.10 Å². The number of aliphatic hydroxyl groups is 1. The van der Waals surface area contributed by atoms with Crippen LogP contribution in [0.1, 0.15) is 98.8 Å². The van der Waals surface area contributed by atoms with Crippen LogP contribution in [0.25, 0.3) is 0 Å². The summed E-state index contributed by atoms with van der Waals surface area (Å²) in [5.41, 5.74) is 2.02. The third-order valence-corrected chi connectivity index (χ3v) is 9.96. The molecule has 3 fully saturated rings. The number of aliphatic hydroxyl groups excluding tert-OH is 1. The van der Waals surface area contributed by atoms with Gasteiger partial charge in [-0.05, 0) is 97.7 Å². The topological polar surface area (TPSA) is 20.2 Å². The SMILES string of the molecule is CC(C)CCC[C@@H](C)[C@@H]1[C@H]2CC[C@H]3[C@@H](CC=C4C[C@@H](O)CC[C@@]43C)[C@@H]2C[C@@H]1C. The Kier molecular flexibility index (Phi) is 6.05. The summed E-state index contributed by atoms with van der Waals surface area (Å²) in [6.07, 6.45) is 15.8. The molecule has 0 spiro atoms. The molecular formula is C27H46O. The highest BCUT2D eigenvalue weighted by Gasteiger charge is 2.55. The molecule has 160 valence electrons. The molecule has 0 aromatic heterocycles. The minimum atomic E-state index is -0.0743. The number of hydrogen-bond donors (Lipinski definition) is 1. The molecule has 4 aliphatic carbocycles. The van der Waals surface area contributed by atoms with Crippen molar-refractivity contribution in [3.63, 3.8) is 0 Å². The summed E-state index contributed by atoms with van der Waals surface area (Å²) < 4.78 is 0. The van der Waals surface area contributed by atoms with Gasteiger partial charge >= 0.3 is 0 Å². The van der Waals surface area contributed by atoms with Gasteiger partial charge < -0.3 is 5.11 Å². The molecule has 0 saturated heterocycles. The van der Waals surface area contributed by atoms with Gasteiger partial charge in [-0.15, -0.1) is 0 Å². The molecule has 0 bridgehead atoms. The first-order chi connectivity index (χ1) is 13.3. The average Bonchev–Trinajstić information content (AvgIpc) is 2.98. The Morgan fingerprint density at radius 2 is 1.86 bits per heavy atom. The second kappa shape index (κ2) is 8.09. The van der Waals surface area contributed by atoms with E-state index in [-0.39, 0.29) is 6.10 Å². The molecular weight excluding hydrogens is 340 g/mol. The standard InChI is InChI=1S/C27H46O/c1-17(2)7-6-8-18(3)26-19(4)15-24-22-10-9-20-16-21(28)13-14-27(20,5)25(22)12-11-23(24)26/h9,17-19,21-26,28H,6-8,10-16H2,1-5H3/t18-,19+,21+,22+,23+,24+,25+,26+,27+/m1/s1. The minimum Gasteiger partial charge on any atom is -0.393 e. The Bertz CT molecular complexity index is 577. The highest BCUT2D eigenvalue weighted by Crippen LogP contribution is 2.63. The smallest absolute Gasteiger partial charge is 0.0577 e. The van der Waals surface area contributed by atoms with E-state index in [1.54, 1.807) is 5.57 Å². The summed E-state index contributed by atoms with van der Waals surface area (Å²) in [5.74, 6) is 7.47. The molecule has 1 heteroatoms. The Labute approximate surface area is 174 Å². The molecule has 1 N–H and O–H groups in total. The van der Waals surface area contributed by atoms with Crippen molar-refractivity contribution in [1.29, 1.82) is 0 Å². The van der Waals surface area contributed by atoms with E-state index >= 15 is 0 Å². The van der Waals surface area contributed by atoms with E-state index in [9.17, 15) is 5.11 Å². The van der Waals surface area contributed by atoms with Crippen molar-refractivity contribution in [2.75, 3.05) is 0 Å². The van der Waals surface area contributed by atoms with Gasteiger partial charge in [-0.25, -0.2) is 0 Å². The highest BCUT2D eigenvalue weighted by atomic mass is 16.3. The third-order valence-electron chi connectivity index (χ3n) is 9.96. The first-order valence-corrected chi connectivity index (χ1v) is 12.7. The molecule has 0 unspecified atom stereocenters. The van der Waals surface area contributed by atoms with Crippen LogP contribution >= 0.6 is 0 Å². The van der Waals surface area contributed by atoms with Gasteiger partial charge in [0.1, 0.15) is 0 Å². The maximum Gasteiger partial charge on any atom is 0.0577 e. The van der Waals surface area contributed by atoms with Crippen LogP contribution in [0.15, 0.2) is 11.6 Å². The zero-order chi connectivity index (χ0) is 20.1. The van der Waals surface area contributed by atoms with Crippen molar-refractivity contribution in [3.8, 4) is 0 Å². The Balaban J connectivity index is 1.47. The van der Waals surface area contributed by atoms with Crippen molar-refractivity contribution < 1.29 is 5.11 Å². The van der Waals surface area contributed by atoms with Crippen LogP contribution in [0.3, 0.4) is 0 Å². The molecule has 28 heavy (non-hydrogen) atoms. The Morgan fingerprint density at radius 1 is 1.07 bits per heavy atom. The summed E-state index contributed by atoms with van der Waals surface area (Å²) in [6, 6.07) is 0. The fraction of sp³-hybridized carbons (Fsp3) is 0.926. The average molecular weight is 387 g/mol. The second-order valence-electron chi connectivity index (χ2n) is 12.0. The van der Waals surface area contributed by atoms with Gasteiger partial charge in [0.25, 0.3) is 0 Å². The van der Waals surface area contributed by atoms with E-state index < -0.39 is 0 Å². The van der Waals surface area contributed by atoms with Crippen LogP contribution in [0.2, 0.25) is 0 Å². The normalized spacial score (nSPS) is 46.5. The van der Waals surface area contributed by atoms with Gasteiger partial charge in [-0.2, -0.15) is 0 Å². The van der Waals surface area contributed by atoms with Crippen LogP contribution in [-0.2, 0) is 0 Å². The van der Waals surface area contributed by atoms with Crippen LogP contribution in [0, 0.1) is 52.8 Å². The molecule has 0 aromatic carbocycles.